The van der Waals surface area contributed by atoms with Crippen LogP contribution in [0.25, 0.3) is 0 Å². The molecular formula is C9H16O9. The lowest BCUT2D eigenvalue weighted by molar-refractivity contribution is -0.312. The van der Waals surface area contributed by atoms with Gasteiger partial charge in [-0.3, -0.25) is 0 Å². The number of carboxylic acid groups (broad SMARTS) is 1. The topological polar surface area (TPSA) is 168 Å². The van der Waals surface area contributed by atoms with Crippen molar-refractivity contribution >= 4 is 5.97 Å². The fraction of sp³-hybridized carbons (Fsp3) is 0.889. The van der Waals surface area contributed by atoms with Gasteiger partial charge in [0.2, 0.25) is 0 Å². The summed E-state index contributed by atoms with van der Waals surface area (Å²) in [6, 6.07) is 0. The quantitative estimate of drug-likeness (QED) is 0.268. The zero-order valence-corrected chi connectivity index (χ0v) is 9.25. The second-order valence-electron chi connectivity index (χ2n) is 4.17. The molecule has 0 aliphatic carbocycles. The number of carbonyl (C=O) groups is 1. The molecule has 0 saturated carbocycles. The molecule has 6 atom stereocenters. The molecule has 1 rings (SSSR count). The lowest BCUT2D eigenvalue weighted by Gasteiger charge is -2.42. The molecule has 0 unspecified atom stereocenters. The van der Waals surface area contributed by atoms with Gasteiger partial charge in [0.1, 0.15) is 24.4 Å². The van der Waals surface area contributed by atoms with Gasteiger partial charge in [-0.05, 0) is 0 Å². The molecule has 0 aromatic rings. The van der Waals surface area contributed by atoms with Crippen molar-refractivity contribution in [1.29, 1.82) is 0 Å². The SMILES string of the molecule is O=C(O)[C@@]1(O)C[C@H](O)[C@@H](O)[C@H]([C@@H](O)[C@H](O)CO)O1. The molecule has 0 bridgehead atoms. The van der Waals surface area contributed by atoms with Crippen molar-refractivity contribution in [3.05, 3.63) is 0 Å². The van der Waals surface area contributed by atoms with Crippen LogP contribution < -0.4 is 0 Å². The van der Waals surface area contributed by atoms with Crippen LogP contribution >= 0.6 is 0 Å². The molecule has 0 spiro atoms. The fourth-order valence-corrected chi connectivity index (χ4v) is 1.70. The van der Waals surface area contributed by atoms with E-state index in [0.717, 1.165) is 0 Å². The first-order chi connectivity index (χ1) is 8.23. The highest BCUT2D eigenvalue weighted by Gasteiger charge is 2.53. The van der Waals surface area contributed by atoms with Gasteiger partial charge in [-0.25, -0.2) is 4.79 Å². The number of ether oxygens (including phenoxy) is 1. The highest BCUT2D eigenvalue weighted by atomic mass is 16.7. The Kier molecular flexibility index (Phi) is 4.61. The van der Waals surface area contributed by atoms with E-state index in [-0.39, 0.29) is 0 Å². The zero-order chi connectivity index (χ0) is 14.1. The average molecular weight is 268 g/mol. The van der Waals surface area contributed by atoms with Gasteiger partial charge < -0.3 is 40.5 Å². The van der Waals surface area contributed by atoms with E-state index in [2.05, 4.69) is 4.74 Å². The van der Waals surface area contributed by atoms with Crippen molar-refractivity contribution in [3.63, 3.8) is 0 Å². The largest absolute Gasteiger partial charge is 0.477 e. The summed E-state index contributed by atoms with van der Waals surface area (Å²) in [7, 11) is 0. The van der Waals surface area contributed by atoms with E-state index in [1.54, 1.807) is 0 Å². The van der Waals surface area contributed by atoms with Crippen molar-refractivity contribution in [2.75, 3.05) is 6.61 Å². The van der Waals surface area contributed by atoms with E-state index in [0.29, 0.717) is 0 Å². The maximum Gasteiger partial charge on any atom is 0.364 e. The Morgan fingerprint density at radius 2 is 1.94 bits per heavy atom. The Labute approximate surface area is 101 Å². The van der Waals surface area contributed by atoms with Crippen LogP contribution in [-0.2, 0) is 9.53 Å². The van der Waals surface area contributed by atoms with Crippen LogP contribution in [0.3, 0.4) is 0 Å². The molecule has 106 valence electrons. The first kappa shape index (κ1) is 15.2. The summed E-state index contributed by atoms with van der Waals surface area (Å²) < 4.78 is 4.63. The number of hydrogen-bond donors (Lipinski definition) is 7. The summed E-state index contributed by atoms with van der Waals surface area (Å²) in [5, 5.41) is 64.6. The van der Waals surface area contributed by atoms with Crippen molar-refractivity contribution in [2.45, 2.75) is 42.7 Å². The summed E-state index contributed by atoms with van der Waals surface area (Å²) in [5.41, 5.74) is 0. The second-order valence-corrected chi connectivity index (χ2v) is 4.17. The number of aliphatic hydroxyl groups is 6. The maximum absolute atomic E-state index is 10.8. The van der Waals surface area contributed by atoms with E-state index < -0.39 is 55.3 Å². The lowest BCUT2D eigenvalue weighted by Crippen LogP contribution is -2.63. The fourth-order valence-electron chi connectivity index (χ4n) is 1.70. The maximum atomic E-state index is 10.8. The van der Waals surface area contributed by atoms with Crippen LogP contribution in [-0.4, -0.2) is 84.6 Å². The highest BCUT2D eigenvalue weighted by molar-refractivity contribution is 5.75. The zero-order valence-electron chi connectivity index (χ0n) is 9.25. The van der Waals surface area contributed by atoms with Crippen molar-refractivity contribution in [2.24, 2.45) is 0 Å². The highest BCUT2D eigenvalue weighted by Crippen LogP contribution is 2.30. The van der Waals surface area contributed by atoms with Crippen molar-refractivity contribution in [1.82, 2.24) is 0 Å². The smallest absolute Gasteiger partial charge is 0.364 e. The number of rotatable bonds is 4. The number of carboxylic acids is 1. The van der Waals surface area contributed by atoms with Crippen molar-refractivity contribution < 1.29 is 45.3 Å². The second kappa shape index (κ2) is 5.45. The van der Waals surface area contributed by atoms with Crippen LogP contribution in [0.1, 0.15) is 6.42 Å². The minimum Gasteiger partial charge on any atom is -0.477 e. The molecule has 1 heterocycles. The molecule has 18 heavy (non-hydrogen) atoms. The van der Waals surface area contributed by atoms with Crippen molar-refractivity contribution in [3.8, 4) is 0 Å². The predicted molar refractivity (Wildman–Crippen MR) is 53.2 cm³/mol. The minimum absolute atomic E-state index is 0.790. The lowest BCUT2D eigenvalue weighted by atomic mass is 9.91. The Morgan fingerprint density at radius 3 is 2.39 bits per heavy atom. The Balaban J connectivity index is 2.92. The van der Waals surface area contributed by atoms with E-state index in [1.807, 2.05) is 0 Å². The van der Waals surface area contributed by atoms with Crippen LogP contribution in [0.5, 0.6) is 0 Å². The molecule has 1 saturated heterocycles. The van der Waals surface area contributed by atoms with Gasteiger partial charge in [-0.1, -0.05) is 0 Å². The van der Waals surface area contributed by atoms with Gasteiger partial charge in [0.25, 0.3) is 5.79 Å². The van der Waals surface area contributed by atoms with Crippen LogP contribution in [0.4, 0.5) is 0 Å². The molecule has 0 aromatic carbocycles. The standard InChI is InChI=1S/C9H16O9/c10-2-4(12)6(14)7-5(13)3(11)1-9(17,18-7)8(15)16/h3-7,10-14,17H,1-2H2,(H,15,16)/t3-,4+,5+,6-,7+,9+/m0/s1. The van der Waals surface area contributed by atoms with Crippen LogP contribution in [0.2, 0.25) is 0 Å². The monoisotopic (exact) mass is 268 g/mol. The van der Waals surface area contributed by atoms with E-state index in [1.165, 1.54) is 0 Å². The van der Waals surface area contributed by atoms with Gasteiger partial charge in [-0.15, -0.1) is 0 Å². The summed E-state index contributed by atoms with van der Waals surface area (Å²) in [5.74, 6) is -4.58. The third-order valence-corrected chi connectivity index (χ3v) is 2.80. The van der Waals surface area contributed by atoms with Gasteiger partial charge in [0.05, 0.1) is 12.7 Å². The Morgan fingerprint density at radius 1 is 1.39 bits per heavy atom. The van der Waals surface area contributed by atoms with Gasteiger partial charge in [-0.2, -0.15) is 0 Å². The van der Waals surface area contributed by atoms with Gasteiger partial charge in [0.15, 0.2) is 0 Å². The third-order valence-electron chi connectivity index (χ3n) is 2.80. The first-order valence-corrected chi connectivity index (χ1v) is 5.19. The van der Waals surface area contributed by atoms with E-state index in [9.17, 15) is 30.3 Å². The number of aliphatic hydroxyl groups excluding tert-OH is 5. The molecule has 1 aliphatic heterocycles. The molecule has 7 N–H and O–H groups in total. The summed E-state index contributed by atoms with van der Waals surface area (Å²) in [6.07, 6.45) is -9.50. The van der Waals surface area contributed by atoms with Gasteiger partial charge >= 0.3 is 5.97 Å². The van der Waals surface area contributed by atoms with Crippen LogP contribution in [0, 0.1) is 0 Å². The summed E-state index contributed by atoms with van der Waals surface area (Å²) in [4.78, 5) is 10.8. The average Bonchev–Trinajstić information content (AvgIpc) is 2.31. The minimum atomic E-state index is -2.78. The predicted octanol–water partition coefficient (Wildman–Crippen LogP) is -4.02. The molecule has 1 fully saturated rings. The van der Waals surface area contributed by atoms with Gasteiger partial charge in [0, 0.05) is 6.42 Å². The molecule has 0 amide bonds. The number of aliphatic carboxylic acids is 1. The molecular weight excluding hydrogens is 252 g/mol. The van der Waals surface area contributed by atoms with E-state index in [4.69, 9.17) is 10.2 Å². The Hall–Kier alpha value is -0.810. The normalized spacial score (nSPS) is 40.2. The third kappa shape index (κ3) is 2.78. The molecule has 1 aliphatic rings. The van der Waals surface area contributed by atoms with E-state index >= 15 is 0 Å². The summed E-state index contributed by atoms with van der Waals surface area (Å²) >= 11 is 0. The summed E-state index contributed by atoms with van der Waals surface area (Å²) in [6.45, 7) is -0.866. The Bertz CT molecular complexity index is 308. The molecule has 9 heteroatoms. The molecule has 9 nitrogen and oxygen atoms in total. The first-order valence-electron chi connectivity index (χ1n) is 5.19. The molecule has 0 radical (unpaired) electrons. The van der Waals surface area contributed by atoms with Crippen LogP contribution in [0.15, 0.2) is 0 Å². The molecule has 0 aromatic heterocycles. The number of hydrogen-bond acceptors (Lipinski definition) is 8.